The quantitative estimate of drug-likeness (QED) is 0.922. The third-order valence-electron chi connectivity index (χ3n) is 2.29. The number of anilines is 1. The predicted molar refractivity (Wildman–Crippen MR) is 71.0 cm³/mol. The van der Waals surface area contributed by atoms with Crippen LogP contribution in [0.2, 0.25) is 0 Å². The molecule has 1 aromatic heterocycles. The second-order valence-electron chi connectivity index (χ2n) is 3.81. The van der Waals surface area contributed by atoms with Crippen LogP contribution in [0.1, 0.15) is 15.9 Å². The molecule has 0 bridgehead atoms. The fourth-order valence-electron chi connectivity index (χ4n) is 1.52. The molecule has 1 amide bonds. The van der Waals surface area contributed by atoms with Crippen molar-refractivity contribution in [3.63, 3.8) is 0 Å². The van der Waals surface area contributed by atoms with E-state index in [-0.39, 0.29) is 5.56 Å². The van der Waals surface area contributed by atoms with Crippen LogP contribution in [-0.4, -0.2) is 10.9 Å². The summed E-state index contributed by atoms with van der Waals surface area (Å²) < 4.78 is 13.9. The third-order valence-corrected chi connectivity index (χ3v) is 2.93. The molecule has 0 spiro atoms. The summed E-state index contributed by atoms with van der Waals surface area (Å²) in [6, 6.07) is 7.69. The van der Waals surface area contributed by atoms with Gasteiger partial charge in [0.2, 0.25) is 0 Å². The lowest BCUT2D eigenvalue weighted by Gasteiger charge is -2.06. The zero-order valence-electron chi connectivity index (χ0n) is 9.58. The molecule has 0 aliphatic rings. The average Bonchev–Trinajstić information content (AvgIpc) is 2.31. The number of rotatable bonds is 2. The molecule has 0 unspecified atom stereocenters. The molecule has 0 radical (unpaired) electrons. The number of aromatic nitrogens is 1. The lowest BCUT2D eigenvalue weighted by molar-refractivity contribution is 0.102. The maximum Gasteiger partial charge on any atom is 0.256 e. The Balaban J connectivity index is 2.25. The lowest BCUT2D eigenvalue weighted by Crippen LogP contribution is -2.13. The second kappa shape index (κ2) is 5.27. The highest BCUT2D eigenvalue weighted by Gasteiger charge is 2.10. The largest absolute Gasteiger partial charge is 0.306 e. The first-order valence-corrected chi connectivity index (χ1v) is 6.04. The molecule has 0 aliphatic heterocycles. The van der Waals surface area contributed by atoms with Crippen molar-refractivity contribution in [3.05, 3.63) is 57.9 Å². The third kappa shape index (κ3) is 2.92. The summed E-state index contributed by atoms with van der Waals surface area (Å²) in [5.74, 6) is -0.415. The highest BCUT2D eigenvalue weighted by atomic mass is 79.9. The van der Waals surface area contributed by atoms with Gasteiger partial charge in [0.15, 0.2) is 0 Å². The van der Waals surface area contributed by atoms with Gasteiger partial charge in [0.05, 0.1) is 4.47 Å². The van der Waals surface area contributed by atoms with E-state index in [2.05, 4.69) is 26.2 Å². The minimum absolute atomic E-state index is 0.269. The van der Waals surface area contributed by atoms with Gasteiger partial charge in [0, 0.05) is 11.8 Å². The van der Waals surface area contributed by atoms with Crippen LogP contribution in [0, 0.1) is 12.7 Å². The summed E-state index contributed by atoms with van der Waals surface area (Å²) in [6.45, 7) is 1.73. The fourth-order valence-corrected chi connectivity index (χ4v) is 1.88. The van der Waals surface area contributed by atoms with Gasteiger partial charge in [-0.3, -0.25) is 4.79 Å². The Morgan fingerprint density at radius 3 is 2.83 bits per heavy atom. The summed E-state index contributed by atoms with van der Waals surface area (Å²) >= 11 is 3.27. The van der Waals surface area contributed by atoms with E-state index in [1.165, 1.54) is 12.1 Å². The Hall–Kier alpha value is -1.75. The predicted octanol–water partition coefficient (Wildman–Crippen LogP) is 3.54. The second-order valence-corrected chi connectivity index (χ2v) is 4.66. The molecule has 3 nitrogen and oxygen atoms in total. The monoisotopic (exact) mass is 308 g/mol. The van der Waals surface area contributed by atoms with Crippen molar-refractivity contribution in [1.29, 1.82) is 0 Å². The Morgan fingerprint density at radius 1 is 1.39 bits per heavy atom. The van der Waals surface area contributed by atoms with Crippen LogP contribution >= 0.6 is 15.9 Å². The first-order valence-electron chi connectivity index (χ1n) is 5.25. The molecule has 0 aliphatic carbocycles. The maximum atomic E-state index is 13.2. The molecular formula is C13H10BrFN2O. The van der Waals surface area contributed by atoms with E-state index in [4.69, 9.17) is 0 Å². The molecule has 1 heterocycles. The van der Waals surface area contributed by atoms with Crippen molar-refractivity contribution in [3.8, 4) is 0 Å². The molecule has 2 rings (SSSR count). The van der Waals surface area contributed by atoms with Crippen molar-refractivity contribution in [2.24, 2.45) is 0 Å². The number of nitrogens with zero attached hydrogens (tertiary/aromatic N) is 1. The molecule has 5 heteroatoms. The van der Waals surface area contributed by atoms with E-state index >= 15 is 0 Å². The Labute approximate surface area is 112 Å². The van der Waals surface area contributed by atoms with E-state index in [0.717, 1.165) is 0 Å². The Morgan fingerprint density at radius 2 is 2.17 bits per heavy atom. The molecule has 92 valence electrons. The number of carbonyl (C=O) groups is 1. The summed E-state index contributed by atoms with van der Waals surface area (Å²) in [7, 11) is 0. The number of nitrogens with one attached hydrogen (secondary N) is 1. The van der Waals surface area contributed by atoms with E-state index in [9.17, 15) is 9.18 Å². The normalized spacial score (nSPS) is 10.2. The van der Waals surface area contributed by atoms with E-state index in [0.29, 0.717) is 15.9 Å². The minimum Gasteiger partial charge on any atom is -0.306 e. The summed E-state index contributed by atoms with van der Waals surface area (Å²) in [5, 5.41) is 2.62. The highest BCUT2D eigenvalue weighted by molar-refractivity contribution is 9.10. The van der Waals surface area contributed by atoms with Gasteiger partial charge in [-0.15, -0.1) is 0 Å². The van der Waals surface area contributed by atoms with Crippen LogP contribution in [0.4, 0.5) is 10.2 Å². The van der Waals surface area contributed by atoms with Crippen molar-refractivity contribution in [2.45, 2.75) is 6.92 Å². The number of pyridine rings is 1. The molecule has 0 saturated carbocycles. The molecule has 0 fully saturated rings. The number of benzene rings is 1. The van der Waals surface area contributed by atoms with Crippen LogP contribution < -0.4 is 5.32 Å². The molecule has 1 N–H and O–H groups in total. The van der Waals surface area contributed by atoms with Crippen LogP contribution in [-0.2, 0) is 0 Å². The minimum atomic E-state index is -0.430. The first-order chi connectivity index (χ1) is 8.56. The standard InChI is InChI=1S/C13H10BrFN2O/c1-8-5-9(7-10(15)6-8)13(18)17-12-11(14)3-2-4-16-12/h2-7H,1H3,(H,16,17,18). The molecule has 0 saturated heterocycles. The number of hydrogen-bond donors (Lipinski definition) is 1. The van der Waals surface area contributed by atoms with Crippen LogP contribution in [0.15, 0.2) is 41.0 Å². The Bertz CT molecular complexity index is 581. The number of hydrogen-bond acceptors (Lipinski definition) is 2. The zero-order chi connectivity index (χ0) is 13.1. The molecule has 0 atom stereocenters. The highest BCUT2D eigenvalue weighted by Crippen LogP contribution is 2.19. The molecule has 18 heavy (non-hydrogen) atoms. The number of carbonyl (C=O) groups excluding carboxylic acids is 1. The number of halogens is 2. The van der Waals surface area contributed by atoms with Crippen molar-refractivity contribution in [2.75, 3.05) is 5.32 Å². The summed E-state index contributed by atoms with van der Waals surface area (Å²) in [4.78, 5) is 15.9. The number of amides is 1. The topological polar surface area (TPSA) is 42.0 Å². The maximum absolute atomic E-state index is 13.2. The van der Waals surface area contributed by atoms with Gasteiger partial charge in [-0.1, -0.05) is 0 Å². The molecule has 2 aromatic rings. The van der Waals surface area contributed by atoms with Gasteiger partial charge < -0.3 is 5.32 Å². The van der Waals surface area contributed by atoms with Gasteiger partial charge in [-0.05, 0) is 58.7 Å². The average molecular weight is 309 g/mol. The number of aryl methyl sites for hydroxylation is 1. The summed E-state index contributed by atoms with van der Waals surface area (Å²) in [6.07, 6.45) is 1.57. The fraction of sp³-hybridized carbons (Fsp3) is 0.0769. The molecular weight excluding hydrogens is 299 g/mol. The van der Waals surface area contributed by atoms with Gasteiger partial charge in [-0.2, -0.15) is 0 Å². The summed E-state index contributed by atoms with van der Waals surface area (Å²) in [5.41, 5.74) is 0.963. The van der Waals surface area contributed by atoms with Crippen molar-refractivity contribution in [1.82, 2.24) is 4.98 Å². The zero-order valence-corrected chi connectivity index (χ0v) is 11.2. The smallest absolute Gasteiger partial charge is 0.256 e. The van der Waals surface area contributed by atoms with Gasteiger partial charge in [-0.25, -0.2) is 9.37 Å². The van der Waals surface area contributed by atoms with E-state index < -0.39 is 11.7 Å². The van der Waals surface area contributed by atoms with Crippen LogP contribution in [0.3, 0.4) is 0 Å². The van der Waals surface area contributed by atoms with Gasteiger partial charge in [0.1, 0.15) is 11.6 Å². The molecule has 1 aromatic carbocycles. The Kier molecular flexibility index (Phi) is 3.72. The lowest BCUT2D eigenvalue weighted by atomic mass is 10.1. The van der Waals surface area contributed by atoms with E-state index in [1.807, 2.05) is 0 Å². The van der Waals surface area contributed by atoms with Crippen molar-refractivity contribution < 1.29 is 9.18 Å². The van der Waals surface area contributed by atoms with Gasteiger partial charge >= 0.3 is 0 Å². The van der Waals surface area contributed by atoms with Gasteiger partial charge in [0.25, 0.3) is 5.91 Å². The van der Waals surface area contributed by atoms with Crippen LogP contribution in [0.5, 0.6) is 0 Å². The van der Waals surface area contributed by atoms with Crippen molar-refractivity contribution >= 4 is 27.7 Å². The van der Waals surface area contributed by atoms with E-state index in [1.54, 1.807) is 31.3 Å². The van der Waals surface area contributed by atoms with Crippen LogP contribution in [0.25, 0.3) is 0 Å². The SMILES string of the molecule is Cc1cc(F)cc(C(=O)Nc2ncccc2Br)c1. The first kappa shape index (κ1) is 12.7.